The van der Waals surface area contributed by atoms with E-state index in [1.165, 1.54) is 4.88 Å². The fourth-order valence-electron chi connectivity index (χ4n) is 1.42. The number of hydrogen-bond donors (Lipinski definition) is 3. The first-order valence-electron chi connectivity index (χ1n) is 5.10. The molecule has 0 aliphatic rings. The zero-order valence-electron chi connectivity index (χ0n) is 9.04. The summed E-state index contributed by atoms with van der Waals surface area (Å²) in [5.41, 5.74) is 5.76. The summed E-state index contributed by atoms with van der Waals surface area (Å²) in [5, 5.41) is 12.3. The lowest BCUT2D eigenvalue weighted by molar-refractivity contribution is 0.264. The Labute approximate surface area is 117 Å². The van der Waals surface area contributed by atoms with E-state index in [1.54, 1.807) is 11.3 Å². The lowest BCUT2D eigenvalue weighted by Crippen LogP contribution is -2.35. The molecular formula is C10H16Br2N2OS. The summed E-state index contributed by atoms with van der Waals surface area (Å²) >= 11 is 8.61. The van der Waals surface area contributed by atoms with Crippen molar-refractivity contribution in [2.45, 2.75) is 25.4 Å². The van der Waals surface area contributed by atoms with Crippen LogP contribution in [0.25, 0.3) is 0 Å². The molecule has 0 aliphatic heterocycles. The summed E-state index contributed by atoms with van der Waals surface area (Å²) in [5.74, 6) is 0. The average molecular weight is 372 g/mol. The van der Waals surface area contributed by atoms with Crippen LogP contribution in [-0.2, 0) is 0 Å². The molecule has 0 spiro atoms. The van der Waals surface area contributed by atoms with Crippen molar-refractivity contribution in [3.8, 4) is 0 Å². The standard InChI is InChI=1S/C10H16Br2N2OS/c1-6(2-3-15)14-8(5-13)9-4-7(11)10(12)16-9/h4,6,8,14-15H,2-3,5,13H2,1H3. The highest BCUT2D eigenvalue weighted by Crippen LogP contribution is 2.35. The van der Waals surface area contributed by atoms with E-state index in [0.717, 1.165) is 14.7 Å². The van der Waals surface area contributed by atoms with Gasteiger partial charge in [-0.05, 0) is 51.3 Å². The maximum atomic E-state index is 8.86. The second-order valence-corrected chi connectivity index (χ2v) is 6.89. The van der Waals surface area contributed by atoms with Gasteiger partial charge in [-0.15, -0.1) is 11.3 Å². The monoisotopic (exact) mass is 370 g/mol. The van der Waals surface area contributed by atoms with E-state index < -0.39 is 0 Å². The van der Waals surface area contributed by atoms with E-state index in [1.807, 2.05) is 0 Å². The van der Waals surface area contributed by atoms with Gasteiger partial charge in [0.2, 0.25) is 0 Å². The summed E-state index contributed by atoms with van der Waals surface area (Å²) in [6.07, 6.45) is 0.740. The molecule has 6 heteroatoms. The molecule has 1 aromatic rings. The van der Waals surface area contributed by atoms with Crippen molar-refractivity contribution in [2.24, 2.45) is 5.73 Å². The lowest BCUT2D eigenvalue weighted by atomic mass is 10.2. The van der Waals surface area contributed by atoms with Gasteiger partial charge < -0.3 is 16.2 Å². The summed E-state index contributed by atoms with van der Waals surface area (Å²) in [7, 11) is 0. The average Bonchev–Trinajstić information content (AvgIpc) is 2.56. The molecule has 16 heavy (non-hydrogen) atoms. The van der Waals surface area contributed by atoms with Crippen LogP contribution in [0.5, 0.6) is 0 Å². The number of aliphatic hydroxyl groups is 1. The van der Waals surface area contributed by atoms with Crippen LogP contribution in [0.15, 0.2) is 14.3 Å². The second kappa shape index (κ2) is 7.08. The molecule has 2 atom stereocenters. The number of thiophene rings is 1. The second-order valence-electron chi connectivity index (χ2n) is 3.64. The quantitative estimate of drug-likeness (QED) is 0.720. The van der Waals surface area contributed by atoms with Gasteiger partial charge in [0.25, 0.3) is 0 Å². The summed E-state index contributed by atoms with van der Waals surface area (Å²) in [6.45, 7) is 2.80. The van der Waals surface area contributed by atoms with E-state index in [2.05, 4.69) is 50.2 Å². The first-order valence-corrected chi connectivity index (χ1v) is 7.50. The number of halogens is 2. The molecule has 2 unspecified atom stereocenters. The normalized spacial score (nSPS) is 15.1. The van der Waals surface area contributed by atoms with Crippen molar-refractivity contribution in [1.29, 1.82) is 0 Å². The molecule has 3 nitrogen and oxygen atoms in total. The van der Waals surface area contributed by atoms with Crippen LogP contribution in [0, 0.1) is 0 Å². The predicted molar refractivity (Wildman–Crippen MR) is 75.8 cm³/mol. The highest BCUT2D eigenvalue weighted by atomic mass is 79.9. The van der Waals surface area contributed by atoms with E-state index in [0.29, 0.717) is 6.54 Å². The minimum atomic E-state index is 0.147. The fourth-order valence-corrected chi connectivity index (χ4v) is 3.58. The molecule has 0 amide bonds. The van der Waals surface area contributed by atoms with E-state index in [-0.39, 0.29) is 18.7 Å². The number of nitrogens with two attached hydrogens (primary N) is 1. The number of nitrogens with one attached hydrogen (secondary N) is 1. The molecule has 0 aliphatic carbocycles. The van der Waals surface area contributed by atoms with Gasteiger partial charge in [0.1, 0.15) is 0 Å². The van der Waals surface area contributed by atoms with Gasteiger partial charge in [-0.1, -0.05) is 0 Å². The van der Waals surface area contributed by atoms with Crippen molar-refractivity contribution in [1.82, 2.24) is 5.32 Å². The fraction of sp³-hybridized carbons (Fsp3) is 0.600. The lowest BCUT2D eigenvalue weighted by Gasteiger charge is -2.20. The Hall–Kier alpha value is 0.540. The molecule has 0 saturated carbocycles. The Balaban J connectivity index is 2.67. The molecule has 1 rings (SSSR count). The third-order valence-corrected chi connectivity index (χ3v) is 5.66. The predicted octanol–water partition coefficient (Wildman–Crippen LogP) is 2.63. The highest BCUT2D eigenvalue weighted by Gasteiger charge is 2.16. The molecule has 92 valence electrons. The van der Waals surface area contributed by atoms with Crippen molar-refractivity contribution < 1.29 is 5.11 Å². The number of hydrogen-bond acceptors (Lipinski definition) is 4. The van der Waals surface area contributed by atoms with Gasteiger partial charge in [-0.3, -0.25) is 0 Å². The molecule has 0 bridgehead atoms. The molecular weight excluding hydrogens is 356 g/mol. The van der Waals surface area contributed by atoms with Crippen LogP contribution < -0.4 is 11.1 Å². The Morgan fingerprint density at radius 3 is 2.69 bits per heavy atom. The van der Waals surface area contributed by atoms with Crippen LogP contribution >= 0.6 is 43.2 Å². The number of rotatable bonds is 6. The first kappa shape index (κ1) is 14.6. The van der Waals surface area contributed by atoms with Gasteiger partial charge in [-0.2, -0.15) is 0 Å². The molecule has 0 saturated heterocycles. The van der Waals surface area contributed by atoms with Crippen LogP contribution in [0.3, 0.4) is 0 Å². The van der Waals surface area contributed by atoms with Crippen molar-refractivity contribution in [3.63, 3.8) is 0 Å². The van der Waals surface area contributed by atoms with Gasteiger partial charge in [0, 0.05) is 28.5 Å². The SMILES string of the molecule is CC(CCO)NC(CN)c1cc(Br)c(Br)s1. The Kier molecular flexibility index (Phi) is 6.46. The Morgan fingerprint density at radius 2 is 2.25 bits per heavy atom. The molecule has 0 radical (unpaired) electrons. The number of aliphatic hydroxyl groups excluding tert-OH is 1. The van der Waals surface area contributed by atoms with Crippen molar-refractivity contribution in [2.75, 3.05) is 13.2 Å². The van der Waals surface area contributed by atoms with Crippen LogP contribution in [0.4, 0.5) is 0 Å². The summed E-state index contributed by atoms with van der Waals surface area (Å²) < 4.78 is 2.14. The summed E-state index contributed by atoms with van der Waals surface area (Å²) in [4.78, 5) is 1.20. The Morgan fingerprint density at radius 1 is 1.56 bits per heavy atom. The van der Waals surface area contributed by atoms with E-state index in [4.69, 9.17) is 10.8 Å². The minimum absolute atomic E-state index is 0.147. The molecule has 1 heterocycles. The smallest absolute Gasteiger partial charge is 0.0843 e. The van der Waals surface area contributed by atoms with E-state index >= 15 is 0 Å². The van der Waals surface area contributed by atoms with Crippen molar-refractivity contribution in [3.05, 3.63) is 19.2 Å². The van der Waals surface area contributed by atoms with Crippen LogP contribution in [-0.4, -0.2) is 24.3 Å². The molecule has 1 aromatic heterocycles. The zero-order chi connectivity index (χ0) is 12.1. The van der Waals surface area contributed by atoms with E-state index in [9.17, 15) is 0 Å². The third-order valence-electron chi connectivity index (χ3n) is 2.29. The van der Waals surface area contributed by atoms with Gasteiger partial charge in [-0.25, -0.2) is 0 Å². The summed E-state index contributed by atoms with van der Waals surface area (Å²) in [6, 6.07) is 2.48. The zero-order valence-corrected chi connectivity index (χ0v) is 13.0. The Bertz CT molecular complexity index is 313. The maximum Gasteiger partial charge on any atom is 0.0843 e. The maximum absolute atomic E-state index is 8.86. The van der Waals surface area contributed by atoms with Crippen molar-refractivity contribution >= 4 is 43.2 Å². The van der Waals surface area contributed by atoms with Gasteiger partial charge >= 0.3 is 0 Å². The van der Waals surface area contributed by atoms with Crippen LogP contribution in [0.1, 0.15) is 24.3 Å². The highest BCUT2D eigenvalue weighted by molar-refractivity contribution is 9.13. The largest absolute Gasteiger partial charge is 0.396 e. The van der Waals surface area contributed by atoms with Crippen LogP contribution in [0.2, 0.25) is 0 Å². The third kappa shape index (κ3) is 4.09. The first-order chi connectivity index (χ1) is 7.58. The molecule has 4 N–H and O–H groups in total. The molecule has 0 fully saturated rings. The van der Waals surface area contributed by atoms with Gasteiger partial charge in [0.15, 0.2) is 0 Å². The topological polar surface area (TPSA) is 58.3 Å². The molecule has 0 aromatic carbocycles. The van der Waals surface area contributed by atoms with Gasteiger partial charge in [0.05, 0.1) is 9.83 Å². The minimum Gasteiger partial charge on any atom is -0.396 e.